The van der Waals surface area contributed by atoms with Gasteiger partial charge >= 0.3 is 0 Å². The van der Waals surface area contributed by atoms with Gasteiger partial charge in [0, 0.05) is 24.8 Å². The lowest BCUT2D eigenvalue weighted by molar-refractivity contribution is 0.612. The Labute approximate surface area is 117 Å². The van der Waals surface area contributed by atoms with E-state index in [0.29, 0.717) is 22.6 Å². The molecule has 4 nitrogen and oxygen atoms in total. The summed E-state index contributed by atoms with van der Waals surface area (Å²) < 4.78 is 5.82. The van der Waals surface area contributed by atoms with Crippen molar-refractivity contribution in [3.63, 3.8) is 0 Å². The first kappa shape index (κ1) is 12.7. The van der Waals surface area contributed by atoms with E-state index >= 15 is 0 Å². The molecule has 0 aromatic heterocycles. The van der Waals surface area contributed by atoms with Crippen molar-refractivity contribution >= 4 is 16.8 Å². The second kappa shape index (κ2) is 4.96. The standard InChI is InChI=1S/C16H16N2O2/c1-3-18(4-2)11-8-9-12-15(10-11)20-14-7-5-6-13(19)16(14)17-12/h5-10H,3-4H2,1-2H3. The van der Waals surface area contributed by atoms with Crippen LogP contribution in [0.5, 0.6) is 0 Å². The minimum Gasteiger partial charge on any atom is -0.453 e. The second-order valence-corrected chi connectivity index (χ2v) is 4.64. The maximum Gasteiger partial charge on any atom is 0.208 e. The van der Waals surface area contributed by atoms with Crippen LogP contribution in [0.25, 0.3) is 22.6 Å². The molecule has 0 fully saturated rings. The van der Waals surface area contributed by atoms with Crippen LogP contribution in [0.15, 0.2) is 45.6 Å². The van der Waals surface area contributed by atoms with Crippen LogP contribution in [0, 0.1) is 0 Å². The lowest BCUT2D eigenvalue weighted by Gasteiger charge is -2.21. The summed E-state index contributed by atoms with van der Waals surface area (Å²) in [5.41, 5.74) is 2.78. The Kier molecular flexibility index (Phi) is 3.14. The van der Waals surface area contributed by atoms with E-state index in [1.807, 2.05) is 18.2 Å². The summed E-state index contributed by atoms with van der Waals surface area (Å²) in [5.74, 6) is 0.529. The highest BCUT2D eigenvalue weighted by molar-refractivity contribution is 5.80. The third kappa shape index (κ3) is 2.03. The molecule has 0 N–H and O–H groups in total. The molecule has 0 unspecified atom stereocenters. The molecule has 0 spiro atoms. The summed E-state index contributed by atoms with van der Waals surface area (Å²) in [4.78, 5) is 18.4. The van der Waals surface area contributed by atoms with Crippen molar-refractivity contribution in [3.8, 4) is 11.5 Å². The van der Waals surface area contributed by atoms with Crippen molar-refractivity contribution in [2.24, 2.45) is 0 Å². The van der Waals surface area contributed by atoms with Gasteiger partial charge in [-0.2, -0.15) is 0 Å². The largest absolute Gasteiger partial charge is 0.453 e. The summed E-state index contributed by atoms with van der Waals surface area (Å²) in [5, 5.41) is 0. The van der Waals surface area contributed by atoms with Crippen LogP contribution in [0.3, 0.4) is 0 Å². The summed E-state index contributed by atoms with van der Waals surface area (Å²) in [6, 6.07) is 10.9. The number of fused-ring (bicyclic) bond motifs is 2. The molecule has 1 aromatic rings. The number of rotatable bonds is 3. The quantitative estimate of drug-likeness (QED) is 0.685. The molecule has 0 saturated heterocycles. The van der Waals surface area contributed by atoms with E-state index in [1.54, 1.807) is 12.1 Å². The summed E-state index contributed by atoms with van der Waals surface area (Å²) in [6.07, 6.45) is 0. The Hall–Kier alpha value is -2.36. The normalized spacial score (nSPS) is 11.1. The Morgan fingerprint density at radius 3 is 2.70 bits per heavy atom. The zero-order valence-corrected chi connectivity index (χ0v) is 11.6. The van der Waals surface area contributed by atoms with Gasteiger partial charge in [0.15, 0.2) is 17.0 Å². The van der Waals surface area contributed by atoms with Crippen LogP contribution in [-0.4, -0.2) is 18.1 Å². The van der Waals surface area contributed by atoms with Crippen LogP contribution in [0.4, 0.5) is 5.69 Å². The highest BCUT2D eigenvalue weighted by atomic mass is 16.3. The monoisotopic (exact) mass is 268 g/mol. The van der Waals surface area contributed by atoms with Crippen molar-refractivity contribution in [2.75, 3.05) is 18.0 Å². The molecule has 1 aromatic carbocycles. The van der Waals surface area contributed by atoms with Gasteiger partial charge in [0.05, 0.1) is 0 Å². The molecule has 20 heavy (non-hydrogen) atoms. The lowest BCUT2D eigenvalue weighted by Crippen LogP contribution is -2.21. The molecule has 3 rings (SSSR count). The van der Waals surface area contributed by atoms with Crippen molar-refractivity contribution < 1.29 is 4.42 Å². The van der Waals surface area contributed by atoms with E-state index in [-0.39, 0.29) is 5.43 Å². The molecule has 0 atom stereocenters. The van der Waals surface area contributed by atoms with Gasteiger partial charge in [0.25, 0.3) is 0 Å². The van der Waals surface area contributed by atoms with Crippen LogP contribution in [-0.2, 0) is 0 Å². The van der Waals surface area contributed by atoms with Crippen LogP contribution in [0.1, 0.15) is 13.8 Å². The average molecular weight is 268 g/mol. The highest BCUT2D eigenvalue weighted by Gasteiger charge is 2.12. The van der Waals surface area contributed by atoms with Gasteiger partial charge in [-0.1, -0.05) is 6.07 Å². The van der Waals surface area contributed by atoms with Gasteiger partial charge in [-0.25, -0.2) is 4.98 Å². The third-order valence-corrected chi connectivity index (χ3v) is 3.49. The van der Waals surface area contributed by atoms with Crippen molar-refractivity contribution in [1.29, 1.82) is 0 Å². The van der Waals surface area contributed by atoms with Crippen molar-refractivity contribution in [1.82, 2.24) is 4.98 Å². The van der Waals surface area contributed by atoms with Crippen LogP contribution in [0.2, 0.25) is 0 Å². The van der Waals surface area contributed by atoms with Gasteiger partial charge < -0.3 is 9.32 Å². The van der Waals surface area contributed by atoms with E-state index in [4.69, 9.17) is 4.42 Å². The SMILES string of the molecule is CCN(CC)c1ccc2nc3c(=O)cccc-3oc2c1. The molecule has 0 bridgehead atoms. The molecule has 2 aliphatic rings. The average Bonchev–Trinajstić information content (AvgIpc) is 2.47. The van der Waals surface area contributed by atoms with E-state index in [2.05, 4.69) is 23.7 Å². The fourth-order valence-electron chi connectivity index (χ4n) is 2.40. The third-order valence-electron chi connectivity index (χ3n) is 3.49. The maximum absolute atomic E-state index is 11.8. The number of nitrogens with zero attached hydrogens (tertiary/aromatic N) is 2. The summed E-state index contributed by atoms with van der Waals surface area (Å²) in [7, 11) is 0. The molecule has 1 aliphatic heterocycles. The lowest BCUT2D eigenvalue weighted by atomic mass is 10.2. The number of hydrogen-bond donors (Lipinski definition) is 0. The van der Waals surface area contributed by atoms with E-state index < -0.39 is 0 Å². The zero-order chi connectivity index (χ0) is 14.1. The van der Waals surface area contributed by atoms with Gasteiger partial charge in [-0.05, 0) is 38.1 Å². The van der Waals surface area contributed by atoms with Crippen LogP contribution < -0.4 is 10.3 Å². The van der Waals surface area contributed by atoms with Gasteiger partial charge in [0.2, 0.25) is 5.43 Å². The highest BCUT2D eigenvalue weighted by Crippen LogP contribution is 2.26. The predicted octanol–water partition coefficient (Wildman–Crippen LogP) is 3.14. The van der Waals surface area contributed by atoms with E-state index in [1.165, 1.54) is 6.07 Å². The van der Waals surface area contributed by atoms with Crippen molar-refractivity contribution in [3.05, 3.63) is 46.6 Å². The minimum absolute atomic E-state index is 0.110. The number of para-hydroxylation sites is 1. The molecule has 0 amide bonds. The van der Waals surface area contributed by atoms with E-state index in [0.717, 1.165) is 18.8 Å². The predicted molar refractivity (Wildman–Crippen MR) is 80.5 cm³/mol. The molecule has 1 heterocycles. The number of anilines is 1. The molecular weight excluding hydrogens is 252 g/mol. The number of benzene rings is 2. The molecule has 4 heteroatoms. The van der Waals surface area contributed by atoms with Gasteiger partial charge in [-0.15, -0.1) is 0 Å². The topological polar surface area (TPSA) is 46.3 Å². The molecule has 102 valence electrons. The van der Waals surface area contributed by atoms with Gasteiger partial charge in [0.1, 0.15) is 5.52 Å². The first-order valence-corrected chi connectivity index (χ1v) is 6.81. The maximum atomic E-state index is 11.8. The molecular formula is C16H16N2O2. The summed E-state index contributed by atoms with van der Waals surface area (Å²) >= 11 is 0. The Balaban J connectivity index is 2.23. The Bertz CT molecular complexity index is 775. The molecule has 0 radical (unpaired) electrons. The first-order chi connectivity index (χ1) is 9.72. The second-order valence-electron chi connectivity index (χ2n) is 4.64. The molecule has 1 aliphatic carbocycles. The van der Waals surface area contributed by atoms with Gasteiger partial charge in [-0.3, -0.25) is 4.79 Å². The number of aromatic nitrogens is 1. The van der Waals surface area contributed by atoms with E-state index in [9.17, 15) is 4.79 Å². The molecule has 0 saturated carbocycles. The first-order valence-electron chi connectivity index (χ1n) is 6.81. The fraction of sp³-hybridized carbons (Fsp3) is 0.250. The smallest absolute Gasteiger partial charge is 0.208 e. The minimum atomic E-state index is -0.110. The zero-order valence-electron chi connectivity index (χ0n) is 11.6. The van der Waals surface area contributed by atoms with Crippen LogP contribution >= 0.6 is 0 Å². The van der Waals surface area contributed by atoms with Crippen molar-refractivity contribution in [2.45, 2.75) is 13.8 Å². The Morgan fingerprint density at radius 2 is 1.95 bits per heavy atom. The Morgan fingerprint density at radius 1 is 1.15 bits per heavy atom. The number of hydrogen-bond acceptors (Lipinski definition) is 4. The fourth-order valence-corrected chi connectivity index (χ4v) is 2.40. The summed E-state index contributed by atoms with van der Waals surface area (Å²) in [6.45, 7) is 6.11.